The van der Waals surface area contributed by atoms with Gasteiger partial charge in [-0.05, 0) is 50.7 Å². The summed E-state index contributed by atoms with van der Waals surface area (Å²) in [4.78, 5) is 15.9. The third kappa shape index (κ3) is 4.40. The number of aromatic nitrogens is 1. The number of aliphatic hydroxyl groups is 1. The lowest BCUT2D eigenvalue weighted by atomic mass is 9.87. The molecule has 0 aliphatic heterocycles. The van der Waals surface area contributed by atoms with E-state index < -0.39 is 0 Å². The number of aryl methyl sites for hydroxylation is 1. The van der Waals surface area contributed by atoms with Gasteiger partial charge in [-0.3, -0.25) is 4.79 Å². The summed E-state index contributed by atoms with van der Waals surface area (Å²) in [6, 6.07) is 0. The quantitative estimate of drug-likeness (QED) is 0.748. The minimum absolute atomic E-state index is 0.0551. The van der Waals surface area contributed by atoms with Gasteiger partial charge in [-0.15, -0.1) is 11.3 Å². The molecule has 0 radical (unpaired) electrons. The fourth-order valence-electron chi connectivity index (χ4n) is 2.42. The summed E-state index contributed by atoms with van der Waals surface area (Å²) in [5.74, 6) is 0.567. The number of hydrogen-bond acceptors (Lipinski definition) is 4. The van der Waals surface area contributed by atoms with E-state index >= 15 is 0 Å². The molecule has 2 rings (SSSR count). The Hall–Kier alpha value is -0.720. The van der Waals surface area contributed by atoms with Crippen LogP contribution >= 0.6 is 23.6 Å². The average molecular weight is 300 g/mol. The lowest BCUT2D eigenvalue weighted by Gasteiger charge is -2.25. The molecule has 1 aromatic heterocycles. The molecule has 0 bridgehead atoms. The third-order valence-corrected chi connectivity index (χ3v) is 4.99. The second-order valence-corrected chi connectivity index (χ2v) is 6.99. The van der Waals surface area contributed by atoms with Crippen molar-refractivity contribution in [2.45, 2.75) is 45.1 Å². The Bertz CT molecular complexity index is 487. The van der Waals surface area contributed by atoms with E-state index in [0.717, 1.165) is 46.8 Å². The SMILES string of the molecule is Cc1[nH]c(=S)sc1CC(=O)NCC1CCC(O)CC1. The van der Waals surface area contributed by atoms with Crippen LogP contribution in [0.15, 0.2) is 0 Å². The number of H-pyrrole nitrogens is 1. The van der Waals surface area contributed by atoms with Gasteiger partial charge >= 0.3 is 0 Å². The van der Waals surface area contributed by atoms with Gasteiger partial charge in [0.15, 0.2) is 3.95 Å². The minimum atomic E-state index is -0.137. The summed E-state index contributed by atoms with van der Waals surface area (Å²) in [5.41, 5.74) is 0.992. The van der Waals surface area contributed by atoms with Gasteiger partial charge in [0.2, 0.25) is 5.91 Å². The molecule has 106 valence electrons. The van der Waals surface area contributed by atoms with Crippen LogP contribution in [0.5, 0.6) is 0 Å². The molecule has 1 heterocycles. The number of thiazole rings is 1. The first-order valence-corrected chi connectivity index (χ1v) is 7.90. The molecule has 0 unspecified atom stereocenters. The lowest BCUT2D eigenvalue weighted by Crippen LogP contribution is -2.32. The van der Waals surface area contributed by atoms with Crippen molar-refractivity contribution >= 4 is 29.5 Å². The van der Waals surface area contributed by atoms with E-state index in [1.807, 2.05) is 6.92 Å². The highest BCUT2D eigenvalue weighted by Gasteiger charge is 2.19. The predicted octanol–water partition coefficient (Wildman–Crippen LogP) is 2.32. The maximum Gasteiger partial charge on any atom is 0.225 e. The average Bonchev–Trinajstić information content (AvgIpc) is 2.67. The number of aliphatic hydroxyl groups excluding tert-OH is 1. The zero-order valence-electron chi connectivity index (χ0n) is 11.1. The number of carbonyl (C=O) groups is 1. The predicted molar refractivity (Wildman–Crippen MR) is 78.9 cm³/mol. The van der Waals surface area contributed by atoms with Gasteiger partial charge in [-0.25, -0.2) is 0 Å². The van der Waals surface area contributed by atoms with Gasteiger partial charge in [-0.1, -0.05) is 0 Å². The molecule has 1 saturated carbocycles. The van der Waals surface area contributed by atoms with E-state index in [-0.39, 0.29) is 12.0 Å². The fourth-order valence-corrected chi connectivity index (χ4v) is 3.71. The number of nitrogens with one attached hydrogen (secondary N) is 2. The summed E-state index contributed by atoms with van der Waals surface area (Å²) < 4.78 is 0.724. The van der Waals surface area contributed by atoms with Gasteiger partial charge in [-0.2, -0.15) is 0 Å². The van der Waals surface area contributed by atoms with Crippen molar-refractivity contribution in [1.29, 1.82) is 0 Å². The van der Waals surface area contributed by atoms with Crippen LogP contribution in [0.3, 0.4) is 0 Å². The van der Waals surface area contributed by atoms with Crippen LogP contribution in [-0.2, 0) is 11.2 Å². The molecular formula is C13H20N2O2S2. The first-order chi connectivity index (χ1) is 9.04. The Morgan fingerprint density at radius 3 is 2.74 bits per heavy atom. The maximum absolute atomic E-state index is 11.9. The molecule has 1 fully saturated rings. The van der Waals surface area contributed by atoms with Crippen LogP contribution in [0.2, 0.25) is 0 Å². The molecule has 6 heteroatoms. The molecule has 1 aromatic rings. The highest BCUT2D eigenvalue weighted by atomic mass is 32.1. The molecule has 0 spiro atoms. The van der Waals surface area contributed by atoms with E-state index in [4.69, 9.17) is 12.2 Å². The second kappa shape index (κ2) is 6.63. The molecule has 19 heavy (non-hydrogen) atoms. The van der Waals surface area contributed by atoms with E-state index in [0.29, 0.717) is 12.3 Å². The van der Waals surface area contributed by atoms with Crippen molar-refractivity contribution in [3.8, 4) is 0 Å². The van der Waals surface area contributed by atoms with Crippen molar-refractivity contribution in [3.63, 3.8) is 0 Å². The van der Waals surface area contributed by atoms with Crippen LogP contribution in [0, 0.1) is 16.8 Å². The number of rotatable bonds is 4. The third-order valence-electron chi connectivity index (χ3n) is 3.65. The zero-order valence-corrected chi connectivity index (χ0v) is 12.7. The van der Waals surface area contributed by atoms with Crippen molar-refractivity contribution in [2.24, 2.45) is 5.92 Å². The van der Waals surface area contributed by atoms with Gasteiger partial charge in [0.25, 0.3) is 0 Å². The van der Waals surface area contributed by atoms with E-state index in [1.54, 1.807) is 0 Å². The van der Waals surface area contributed by atoms with Crippen molar-refractivity contribution in [1.82, 2.24) is 10.3 Å². The van der Waals surface area contributed by atoms with Crippen LogP contribution < -0.4 is 5.32 Å². The monoisotopic (exact) mass is 300 g/mol. The Kier molecular flexibility index (Phi) is 5.13. The normalized spacial score (nSPS) is 23.3. The minimum Gasteiger partial charge on any atom is -0.393 e. The van der Waals surface area contributed by atoms with Gasteiger partial charge < -0.3 is 15.4 Å². The standard InChI is InChI=1S/C13H20N2O2S2/c1-8-11(19-13(18)15-8)6-12(17)14-7-9-2-4-10(16)5-3-9/h9-10,16H,2-7H2,1H3,(H,14,17)(H,15,18). The molecule has 0 aromatic carbocycles. The summed E-state index contributed by atoms with van der Waals surface area (Å²) in [6.45, 7) is 2.66. The van der Waals surface area contributed by atoms with Gasteiger partial charge in [0, 0.05) is 17.1 Å². The molecule has 4 nitrogen and oxygen atoms in total. The smallest absolute Gasteiger partial charge is 0.225 e. The van der Waals surface area contributed by atoms with E-state index in [1.165, 1.54) is 11.3 Å². The van der Waals surface area contributed by atoms with Gasteiger partial charge in [0.05, 0.1) is 12.5 Å². The Labute approximate surface area is 122 Å². The molecular weight excluding hydrogens is 280 g/mol. The number of aromatic amines is 1. The first-order valence-electron chi connectivity index (χ1n) is 6.68. The molecule has 1 aliphatic rings. The largest absolute Gasteiger partial charge is 0.393 e. The summed E-state index contributed by atoms with van der Waals surface area (Å²) in [7, 11) is 0. The van der Waals surface area contributed by atoms with Gasteiger partial charge in [0.1, 0.15) is 0 Å². The molecule has 1 amide bonds. The fraction of sp³-hybridized carbons (Fsp3) is 0.692. The van der Waals surface area contributed by atoms with Crippen molar-refractivity contribution in [3.05, 3.63) is 14.5 Å². The highest BCUT2D eigenvalue weighted by Crippen LogP contribution is 2.23. The topological polar surface area (TPSA) is 65.1 Å². The first kappa shape index (κ1) is 14.7. The van der Waals surface area contributed by atoms with Crippen molar-refractivity contribution in [2.75, 3.05) is 6.54 Å². The second-order valence-electron chi connectivity index (χ2n) is 5.22. The van der Waals surface area contributed by atoms with Crippen LogP contribution in [-0.4, -0.2) is 28.6 Å². The number of amides is 1. The molecule has 3 N–H and O–H groups in total. The van der Waals surface area contributed by atoms with Crippen LogP contribution in [0.4, 0.5) is 0 Å². The number of hydrogen-bond donors (Lipinski definition) is 3. The van der Waals surface area contributed by atoms with Crippen molar-refractivity contribution < 1.29 is 9.90 Å². The summed E-state index contributed by atoms with van der Waals surface area (Å²) in [6.07, 6.45) is 3.99. The lowest BCUT2D eigenvalue weighted by molar-refractivity contribution is -0.120. The molecule has 0 atom stereocenters. The zero-order chi connectivity index (χ0) is 13.8. The summed E-state index contributed by atoms with van der Waals surface area (Å²) in [5, 5.41) is 12.4. The van der Waals surface area contributed by atoms with Crippen LogP contribution in [0.25, 0.3) is 0 Å². The Morgan fingerprint density at radius 1 is 1.47 bits per heavy atom. The highest BCUT2D eigenvalue weighted by molar-refractivity contribution is 7.73. The van der Waals surface area contributed by atoms with E-state index in [9.17, 15) is 9.90 Å². The maximum atomic E-state index is 11.9. The number of carbonyl (C=O) groups excluding carboxylic acids is 1. The Morgan fingerprint density at radius 2 is 2.16 bits per heavy atom. The van der Waals surface area contributed by atoms with Crippen LogP contribution in [0.1, 0.15) is 36.3 Å². The molecule has 1 aliphatic carbocycles. The summed E-state index contributed by atoms with van der Waals surface area (Å²) >= 11 is 6.53. The Balaban J connectivity index is 1.76. The van der Waals surface area contributed by atoms with E-state index in [2.05, 4.69) is 10.3 Å². The molecule has 0 saturated heterocycles.